The van der Waals surface area contributed by atoms with Crippen LogP contribution >= 0.6 is 0 Å². The molecule has 0 bridgehead atoms. The highest BCUT2D eigenvalue weighted by atomic mass is 16.4. The summed E-state index contributed by atoms with van der Waals surface area (Å²) in [7, 11) is 0. The first kappa shape index (κ1) is 14.4. The van der Waals surface area contributed by atoms with Gasteiger partial charge >= 0.3 is 5.97 Å². The topological polar surface area (TPSA) is 92.2 Å². The predicted octanol–water partition coefficient (Wildman–Crippen LogP) is 1.87. The summed E-state index contributed by atoms with van der Waals surface area (Å²) >= 11 is 0. The molecule has 2 N–H and O–H groups in total. The fraction of sp³-hybridized carbons (Fsp3) is 0.571. The number of amides is 1. The molecule has 0 radical (unpaired) electrons. The van der Waals surface area contributed by atoms with E-state index in [-0.39, 0.29) is 23.3 Å². The minimum Gasteiger partial charge on any atom is -0.476 e. The lowest BCUT2D eigenvalue weighted by Crippen LogP contribution is -2.39. The summed E-state index contributed by atoms with van der Waals surface area (Å²) in [6.07, 6.45) is 8.31. The van der Waals surface area contributed by atoms with Crippen LogP contribution in [0.15, 0.2) is 12.4 Å². The Bertz CT molecular complexity index is 481. The molecule has 2 rings (SSSR count). The van der Waals surface area contributed by atoms with Crippen LogP contribution in [-0.4, -0.2) is 33.0 Å². The number of aromatic nitrogens is 2. The van der Waals surface area contributed by atoms with Gasteiger partial charge in [-0.05, 0) is 25.7 Å². The number of hydrogen-bond acceptors (Lipinski definition) is 4. The minimum absolute atomic E-state index is 0.101. The van der Waals surface area contributed by atoms with E-state index in [1.807, 2.05) is 6.92 Å². The van der Waals surface area contributed by atoms with E-state index in [4.69, 9.17) is 5.11 Å². The van der Waals surface area contributed by atoms with Crippen molar-refractivity contribution < 1.29 is 14.7 Å². The van der Waals surface area contributed by atoms with Crippen LogP contribution in [-0.2, 0) is 0 Å². The molecular weight excluding hydrogens is 258 g/mol. The van der Waals surface area contributed by atoms with E-state index in [0.29, 0.717) is 5.92 Å². The molecule has 1 saturated carbocycles. The number of carboxylic acid groups (broad SMARTS) is 1. The third kappa shape index (κ3) is 3.53. The largest absolute Gasteiger partial charge is 0.476 e. The lowest BCUT2D eigenvalue weighted by molar-refractivity contribution is 0.0688. The molecule has 6 nitrogen and oxygen atoms in total. The smallest absolute Gasteiger partial charge is 0.356 e. The van der Waals surface area contributed by atoms with E-state index in [9.17, 15) is 9.59 Å². The van der Waals surface area contributed by atoms with Crippen LogP contribution in [0, 0.1) is 5.92 Å². The van der Waals surface area contributed by atoms with Gasteiger partial charge in [0.15, 0.2) is 5.69 Å². The predicted molar refractivity (Wildman–Crippen MR) is 72.5 cm³/mol. The summed E-state index contributed by atoms with van der Waals surface area (Å²) in [5.74, 6) is -0.938. The van der Waals surface area contributed by atoms with Gasteiger partial charge in [0.1, 0.15) is 5.69 Å². The Morgan fingerprint density at radius 2 is 1.80 bits per heavy atom. The summed E-state index contributed by atoms with van der Waals surface area (Å²) in [4.78, 5) is 30.2. The number of hydrogen-bond donors (Lipinski definition) is 2. The summed E-state index contributed by atoms with van der Waals surface area (Å²) in [6, 6.07) is 0.101. The SMILES string of the molecule is CC(NC(=O)c1cnc(C(=O)O)cn1)C1CCCCC1. The molecule has 108 valence electrons. The van der Waals surface area contributed by atoms with E-state index >= 15 is 0 Å². The summed E-state index contributed by atoms with van der Waals surface area (Å²) < 4.78 is 0. The van der Waals surface area contributed by atoms with E-state index in [0.717, 1.165) is 19.0 Å². The van der Waals surface area contributed by atoms with Crippen molar-refractivity contribution in [2.24, 2.45) is 5.92 Å². The zero-order valence-corrected chi connectivity index (χ0v) is 11.5. The standard InChI is InChI=1S/C14H19N3O3/c1-9(10-5-3-2-4-6-10)17-13(18)11-7-16-12(8-15-11)14(19)20/h7-10H,2-6H2,1H3,(H,17,18)(H,19,20). The van der Waals surface area contributed by atoms with Crippen molar-refractivity contribution in [1.29, 1.82) is 0 Å². The molecule has 1 fully saturated rings. The number of carboxylic acids is 1. The van der Waals surface area contributed by atoms with Gasteiger partial charge in [-0.25, -0.2) is 14.8 Å². The Balaban J connectivity index is 1.95. The third-order valence-corrected chi connectivity index (χ3v) is 3.82. The van der Waals surface area contributed by atoms with Crippen molar-refractivity contribution in [2.45, 2.75) is 45.1 Å². The quantitative estimate of drug-likeness (QED) is 0.876. The van der Waals surface area contributed by atoms with E-state index in [1.165, 1.54) is 25.5 Å². The molecule has 1 unspecified atom stereocenters. The zero-order valence-electron chi connectivity index (χ0n) is 11.5. The summed E-state index contributed by atoms with van der Waals surface area (Å²) in [5, 5.41) is 11.7. The van der Waals surface area contributed by atoms with Crippen LogP contribution in [0.2, 0.25) is 0 Å². The Morgan fingerprint density at radius 1 is 1.20 bits per heavy atom. The van der Waals surface area contributed by atoms with Crippen molar-refractivity contribution in [3.63, 3.8) is 0 Å². The molecule has 1 aliphatic rings. The maximum Gasteiger partial charge on any atom is 0.356 e. The lowest BCUT2D eigenvalue weighted by Gasteiger charge is -2.28. The minimum atomic E-state index is -1.15. The summed E-state index contributed by atoms with van der Waals surface area (Å²) in [6.45, 7) is 2.01. The first-order valence-corrected chi connectivity index (χ1v) is 6.94. The number of nitrogens with one attached hydrogen (secondary N) is 1. The second-order valence-corrected chi connectivity index (χ2v) is 5.25. The van der Waals surface area contributed by atoms with Gasteiger partial charge in [0, 0.05) is 6.04 Å². The second-order valence-electron chi connectivity index (χ2n) is 5.25. The second kappa shape index (κ2) is 6.45. The average Bonchev–Trinajstić information content (AvgIpc) is 2.48. The molecule has 1 atom stereocenters. The molecule has 1 aromatic heterocycles. The summed E-state index contributed by atoms with van der Waals surface area (Å²) in [5.41, 5.74) is -0.0143. The Labute approximate surface area is 117 Å². The maximum atomic E-state index is 12.0. The van der Waals surface area contributed by atoms with Crippen molar-refractivity contribution in [3.8, 4) is 0 Å². The first-order chi connectivity index (χ1) is 9.58. The molecule has 1 amide bonds. The number of carbonyl (C=O) groups is 2. The van der Waals surface area contributed by atoms with Crippen LogP contribution in [0.1, 0.15) is 60.0 Å². The van der Waals surface area contributed by atoms with Crippen molar-refractivity contribution in [2.75, 3.05) is 0 Å². The fourth-order valence-corrected chi connectivity index (χ4v) is 2.59. The van der Waals surface area contributed by atoms with E-state index in [1.54, 1.807) is 0 Å². The average molecular weight is 277 g/mol. The highest BCUT2D eigenvalue weighted by Crippen LogP contribution is 2.26. The maximum absolute atomic E-state index is 12.0. The van der Waals surface area contributed by atoms with Gasteiger partial charge in [-0.1, -0.05) is 19.3 Å². The van der Waals surface area contributed by atoms with Gasteiger partial charge in [0.25, 0.3) is 5.91 Å². The molecule has 0 aromatic carbocycles. The molecular formula is C14H19N3O3. The number of aromatic carboxylic acids is 1. The molecule has 0 spiro atoms. The molecule has 20 heavy (non-hydrogen) atoms. The number of rotatable bonds is 4. The molecule has 1 heterocycles. The Kier molecular flexibility index (Phi) is 4.65. The number of nitrogens with zero attached hydrogens (tertiary/aromatic N) is 2. The first-order valence-electron chi connectivity index (χ1n) is 6.94. The van der Waals surface area contributed by atoms with Gasteiger partial charge in [0.05, 0.1) is 12.4 Å². The highest BCUT2D eigenvalue weighted by Gasteiger charge is 2.22. The van der Waals surface area contributed by atoms with Crippen LogP contribution in [0.5, 0.6) is 0 Å². The van der Waals surface area contributed by atoms with Gasteiger partial charge in [-0.15, -0.1) is 0 Å². The molecule has 6 heteroatoms. The van der Waals surface area contributed by atoms with E-state index in [2.05, 4.69) is 15.3 Å². The fourth-order valence-electron chi connectivity index (χ4n) is 2.59. The van der Waals surface area contributed by atoms with Crippen molar-refractivity contribution in [3.05, 3.63) is 23.8 Å². The van der Waals surface area contributed by atoms with Crippen molar-refractivity contribution >= 4 is 11.9 Å². The van der Waals surface area contributed by atoms with Crippen LogP contribution in [0.3, 0.4) is 0 Å². The van der Waals surface area contributed by atoms with Crippen LogP contribution in [0.4, 0.5) is 0 Å². The Hall–Kier alpha value is -1.98. The van der Waals surface area contributed by atoms with Gasteiger partial charge in [-0.3, -0.25) is 4.79 Å². The highest BCUT2D eigenvalue weighted by molar-refractivity contribution is 5.92. The van der Waals surface area contributed by atoms with Crippen molar-refractivity contribution in [1.82, 2.24) is 15.3 Å². The normalized spacial score (nSPS) is 17.4. The third-order valence-electron chi connectivity index (χ3n) is 3.82. The van der Waals surface area contributed by atoms with Crippen LogP contribution in [0.25, 0.3) is 0 Å². The monoisotopic (exact) mass is 277 g/mol. The number of carbonyl (C=O) groups excluding carboxylic acids is 1. The van der Waals surface area contributed by atoms with Crippen LogP contribution < -0.4 is 5.32 Å². The molecule has 0 aliphatic heterocycles. The lowest BCUT2D eigenvalue weighted by atomic mass is 9.84. The molecule has 1 aliphatic carbocycles. The Morgan fingerprint density at radius 3 is 2.35 bits per heavy atom. The van der Waals surface area contributed by atoms with E-state index < -0.39 is 5.97 Å². The van der Waals surface area contributed by atoms with Gasteiger partial charge < -0.3 is 10.4 Å². The molecule has 0 saturated heterocycles. The van der Waals surface area contributed by atoms with Gasteiger partial charge in [-0.2, -0.15) is 0 Å². The van der Waals surface area contributed by atoms with Gasteiger partial charge in [0.2, 0.25) is 0 Å². The molecule has 1 aromatic rings. The zero-order chi connectivity index (χ0) is 14.5.